The van der Waals surface area contributed by atoms with Crippen molar-refractivity contribution in [2.75, 3.05) is 7.05 Å². The van der Waals surface area contributed by atoms with Crippen LogP contribution in [0.3, 0.4) is 0 Å². The highest BCUT2D eigenvalue weighted by molar-refractivity contribution is 7.10. The summed E-state index contributed by atoms with van der Waals surface area (Å²) in [6.45, 7) is 1.92. The highest BCUT2D eigenvalue weighted by atomic mass is 32.1. The number of nitrogens with one attached hydrogen (secondary N) is 1. The van der Waals surface area contributed by atoms with Crippen molar-refractivity contribution < 1.29 is 13.2 Å². The number of thiophene rings is 1. The van der Waals surface area contributed by atoms with Crippen molar-refractivity contribution in [3.63, 3.8) is 0 Å². The molecular weight excluding hydrogens is 259 g/mol. The van der Waals surface area contributed by atoms with Crippen molar-refractivity contribution in [3.8, 4) is 0 Å². The van der Waals surface area contributed by atoms with Crippen molar-refractivity contribution in [1.29, 1.82) is 0 Å². The highest BCUT2D eigenvalue weighted by Gasteiger charge is 2.19. The second-order valence-corrected chi connectivity index (χ2v) is 4.94. The Kier molecular flexibility index (Phi) is 3.73. The fraction of sp³-hybridized carbons (Fsp3) is 0.231. The van der Waals surface area contributed by atoms with E-state index in [4.69, 9.17) is 0 Å². The van der Waals surface area contributed by atoms with Gasteiger partial charge in [0.1, 0.15) is 0 Å². The van der Waals surface area contributed by atoms with Crippen LogP contribution in [0.2, 0.25) is 0 Å². The van der Waals surface area contributed by atoms with Gasteiger partial charge in [-0.25, -0.2) is 13.2 Å². The Morgan fingerprint density at radius 2 is 1.78 bits per heavy atom. The minimum Gasteiger partial charge on any atom is -0.309 e. The van der Waals surface area contributed by atoms with Crippen LogP contribution in [0.15, 0.2) is 23.6 Å². The van der Waals surface area contributed by atoms with Gasteiger partial charge in [0.05, 0.1) is 6.04 Å². The van der Waals surface area contributed by atoms with E-state index in [1.165, 1.54) is 11.3 Å². The molecule has 2 rings (SSSR count). The Morgan fingerprint density at radius 1 is 1.17 bits per heavy atom. The summed E-state index contributed by atoms with van der Waals surface area (Å²) in [7, 11) is 1.70. The zero-order valence-electron chi connectivity index (χ0n) is 9.93. The molecule has 0 saturated heterocycles. The predicted octanol–water partition coefficient (Wildman–Crippen LogP) is 3.78. The van der Waals surface area contributed by atoms with Crippen LogP contribution in [0.1, 0.15) is 22.0 Å². The SMILES string of the molecule is CNC(c1cc(F)c(F)c(F)c1)c1sccc1C. The summed E-state index contributed by atoms with van der Waals surface area (Å²) >= 11 is 1.49. The number of benzene rings is 1. The average molecular weight is 271 g/mol. The Bertz CT molecular complexity index is 542. The molecular formula is C13H12F3NS. The molecule has 1 aromatic carbocycles. The van der Waals surface area contributed by atoms with E-state index < -0.39 is 17.5 Å². The molecule has 2 aromatic rings. The number of aryl methyl sites for hydroxylation is 1. The van der Waals surface area contributed by atoms with Crippen molar-refractivity contribution in [2.24, 2.45) is 0 Å². The molecule has 1 N–H and O–H groups in total. The lowest BCUT2D eigenvalue weighted by Crippen LogP contribution is -2.18. The molecule has 0 saturated carbocycles. The first-order valence-corrected chi connectivity index (χ1v) is 6.28. The monoisotopic (exact) mass is 271 g/mol. The van der Waals surface area contributed by atoms with Gasteiger partial charge in [-0.1, -0.05) is 0 Å². The standard InChI is InChI=1S/C13H12F3NS/c1-7-3-4-18-13(7)12(17-2)8-5-9(14)11(16)10(15)6-8/h3-6,12,17H,1-2H3. The lowest BCUT2D eigenvalue weighted by atomic mass is 10.0. The lowest BCUT2D eigenvalue weighted by molar-refractivity contribution is 0.443. The van der Waals surface area contributed by atoms with Crippen LogP contribution in [-0.4, -0.2) is 7.05 Å². The zero-order chi connectivity index (χ0) is 13.3. The molecule has 0 aliphatic carbocycles. The minimum atomic E-state index is -1.43. The summed E-state index contributed by atoms with van der Waals surface area (Å²) in [5.41, 5.74) is 1.41. The molecule has 0 aliphatic rings. The Balaban J connectivity index is 2.49. The Morgan fingerprint density at radius 3 is 2.22 bits per heavy atom. The minimum absolute atomic E-state index is 0.338. The van der Waals surface area contributed by atoms with Gasteiger partial charge in [-0.15, -0.1) is 11.3 Å². The fourth-order valence-corrected chi connectivity index (χ4v) is 2.93. The van der Waals surface area contributed by atoms with Crippen LogP contribution in [0, 0.1) is 24.4 Å². The molecule has 0 radical (unpaired) electrons. The maximum absolute atomic E-state index is 13.2. The largest absolute Gasteiger partial charge is 0.309 e. The summed E-state index contributed by atoms with van der Waals surface area (Å²) in [6, 6.07) is 3.65. The molecule has 0 spiro atoms. The van der Waals surface area contributed by atoms with E-state index in [1.54, 1.807) is 7.05 Å². The normalized spacial score (nSPS) is 12.7. The van der Waals surface area contributed by atoms with Crippen molar-refractivity contribution in [3.05, 3.63) is 57.0 Å². The van der Waals surface area contributed by atoms with Gasteiger partial charge in [-0.2, -0.15) is 0 Å². The van der Waals surface area contributed by atoms with Crippen molar-refractivity contribution in [2.45, 2.75) is 13.0 Å². The maximum atomic E-state index is 13.2. The predicted molar refractivity (Wildman–Crippen MR) is 66.3 cm³/mol. The zero-order valence-corrected chi connectivity index (χ0v) is 10.7. The quantitative estimate of drug-likeness (QED) is 0.838. The molecule has 0 fully saturated rings. The first-order chi connectivity index (χ1) is 8.54. The van der Waals surface area contributed by atoms with Gasteiger partial charge in [0, 0.05) is 4.88 Å². The van der Waals surface area contributed by atoms with E-state index in [0.29, 0.717) is 5.56 Å². The molecule has 1 nitrogen and oxygen atoms in total. The smallest absolute Gasteiger partial charge is 0.194 e. The number of hydrogen-bond donors (Lipinski definition) is 1. The van der Waals surface area contributed by atoms with Gasteiger partial charge in [-0.05, 0) is 48.7 Å². The topological polar surface area (TPSA) is 12.0 Å². The van der Waals surface area contributed by atoms with Crippen LogP contribution >= 0.6 is 11.3 Å². The van der Waals surface area contributed by atoms with E-state index in [9.17, 15) is 13.2 Å². The van der Waals surface area contributed by atoms with Crippen LogP contribution in [0.5, 0.6) is 0 Å². The summed E-state index contributed by atoms with van der Waals surface area (Å²) < 4.78 is 39.4. The summed E-state index contributed by atoms with van der Waals surface area (Å²) in [5.74, 6) is -3.77. The molecule has 18 heavy (non-hydrogen) atoms. The van der Waals surface area contributed by atoms with Crippen LogP contribution < -0.4 is 5.32 Å². The molecule has 1 aromatic heterocycles. The van der Waals surface area contributed by atoms with Gasteiger partial charge in [-0.3, -0.25) is 0 Å². The number of rotatable bonds is 3. The van der Waals surface area contributed by atoms with E-state index in [1.807, 2.05) is 18.4 Å². The first-order valence-electron chi connectivity index (χ1n) is 5.40. The molecule has 0 aliphatic heterocycles. The van der Waals surface area contributed by atoms with E-state index in [2.05, 4.69) is 5.32 Å². The number of hydrogen-bond acceptors (Lipinski definition) is 2. The summed E-state index contributed by atoms with van der Waals surface area (Å²) in [4.78, 5) is 0.961. The maximum Gasteiger partial charge on any atom is 0.194 e. The molecule has 1 unspecified atom stereocenters. The van der Waals surface area contributed by atoms with E-state index >= 15 is 0 Å². The van der Waals surface area contributed by atoms with E-state index in [0.717, 1.165) is 22.6 Å². The van der Waals surface area contributed by atoms with E-state index in [-0.39, 0.29) is 6.04 Å². The van der Waals surface area contributed by atoms with Gasteiger partial charge in [0.2, 0.25) is 0 Å². The summed E-state index contributed by atoms with van der Waals surface area (Å²) in [5, 5.41) is 4.90. The average Bonchev–Trinajstić information content (AvgIpc) is 2.74. The number of halogens is 3. The third-order valence-corrected chi connectivity index (χ3v) is 3.88. The molecule has 1 atom stereocenters. The van der Waals surface area contributed by atoms with Gasteiger partial charge >= 0.3 is 0 Å². The van der Waals surface area contributed by atoms with Gasteiger partial charge in [0.25, 0.3) is 0 Å². The molecule has 5 heteroatoms. The molecule has 0 amide bonds. The first kappa shape index (κ1) is 13.1. The van der Waals surface area contributed by atoms with Crippen molar-refractivity contribution in [1.82, 2.24) is 5.32 Å². The highest BCUT2D eigenvalue weighted by Crippen LogP contribution is 2.30. The Hall–Kier alpha value is -1.33. The summed E-state index contributed by atoms with van der Waals surface area (Å²) in [6.07, 6.45) is 0. The van der Waals surface area contributed by atoms with Crippen LogP contribution in [-0.2, 0) is 0 Å². The Labute approximate surface area is 107 Å². The second-order valence-electron chi connectivity index (χ2n) is 3.99. The van der Waals surface area contributed by atoms with Crippen LogP contribution in [0.25, 0.3) is 0 Å². The molecule has 0 bridgehead atoms. The third kappa shape index (κ3) is 2.28. The van der Waals surface area contributed by atoms with Crippen molar-refractivity contribution >= 4 is 11.3 Å². The van der Waals surface area contributed by atoms with Gasteiger partial charge < -0.3 is 5.32 Å². The fourth-order valence-electron chi connectivity index (χ4n) is 1.87. The van der Waals surface area contributed by atoms with Crippen LogP contribution in [0.4, 0.5) is 13.2 Å². The molecule has 1 heterocycles. The second kappa shape index (κ2) is 5.12. The lowest BCUT2D eigenvalue weighted by Gasteiger charge is -2.17. The molecule has 96 valence electrons. The van der Waals surface area contributed by atoms with Gasteiger partial charge in [0.15, 0.2) is 17.5 Å². The third-order valence-electron chi connectivity index (χ3n) is 2.79.